The van der Waals surface area contributed by atoms with Gasteiger partial charge in [-0.15, -0.1) is 0 Å². The molecular weight excluding hydrogens is 350 g/mol. The first kappa shape index (κ1) is 17.7. The summed E-state index contributed by atoms with van der Waals surface area (Å²) in [6.07, 6.45) is 3.23. The van der Waals surface area contributed by atoms with Gasteiger partial charge in [0.15, 0.2) is 0 Å². The van der Waals surface area contributed by atoms with E-state index in [9.17, 15) is 20.2 Å². The van der Waals surface area contributed by atoms with Gasteiger partial charge in [0.25, 0.3) is 5.69 Å². The summed E-state index contributed by atoms with van der Waals surface area (Å²) in [7, 11) is 0. The van der Waals surface area contributed by atoms with Crippen LogP contribution in [0.15, 0.2) is 78.2 Å². The van der Waals surface area contributed by atoms with Crippen LogP contribution in [0.3, 0.4) is 0 Å². The predicted molar refractivity (Wildman–Crippen MR) is 99.7 cm³/mol. The normalized spacial score (nSPS) is 11.0. The summed E-state index contributed by atoms with van der Waals surface area (Å²) in [5, 5.41) is 26.4. The van der Waals surface area contributed by atoms with E-state index in [0.29, 0.717) is 5.71 Å². The number of benzene rings is 2. The second-order valence-electron chi connectivity index (χ2n) is 5.39. The third-order valence-electron chi connectivity index (χ3n) is 3.68. The molecule has 0 amide bonds. The molecule has 9 nitrogen and oxygen atoms in total. The largest absolute Gasteiger partial charge is 0.301 e. The number of pyridine rings is 1. The van der Waals surface area contributed by atoms with Gasteiger partial charge >= 0.3 is 5.69 Å². The fraction of sp³-hybridized carbons (Fsp3) is 0. The number of non-ortho nitro benzene ring substituents is 1. The molecule has 0 bridgehead atoms. The van der Waals surface area contributed by atoms with Gasteiger partial charge in [-0.1, -0.05) is 30.3 Å². The van der Waals surface area contributed by atoms with E-state index in [1.165, 1.54) is 12.1 Å². The zero-order valence-corrected chi connectivity index (χ0v) is 13.9. The highest BCUT2D eigenvalue weighted by Gasteiger charge is 2.19. The molecule has 0 aliphatic carbocycles. The molecular formula is C18H13N5O4. The Hall–Kier alpha value is -4.14. The molecule has 0 atom stereocenters. The molecule has 0 spiro atoms. The van der Waals surface area contributed by atoms with Crippen LogP contribution in [0.4, 0.5) is 17.1 Å². The highest BCUT2D eigenvalue weighted by Crippen LogP contribution is 2.29. The van der Waals surface area contributed by atoms with E-state index in [-0.39, 0.29) is 11.4 Å². The van der Waals surface area contributed by atoms with Crippen molar-refractivity contribution in [1.29, 1.82) is 0 Å². The minimum Gasteiger partial charge on any atom is -0.271 e. The summed E-state index contributed by atoms with van der Waals surface area (Å²) in [6.45, 7) is 0. The van der Waals surface area contributed by atoms with Crippen LogP contribution < -0.4 is 5.43 Å². The first-order valence-corrected chi connectivity index (χ1v) is 7.78. The number of aromatic nitrogens is 1. The maximum absolute atomic E-state index is 11.3. The fourth-order valence-corrected chi connectivity index (χ4v) is 2.40. The molecule has 134 valence electrons. The van der Waals surface area contributed by atoms with E-state index < -0.39 is 15.5 Å². The van der Waals surface area contributed by atoms with Crippen molar-refractivity contribution in [3.8, 4) is 0 Å². The molecule has 3 rings (SSSR count). The van der Waals surface area contributed by atoms with Crippen LogP contribution in [0, 0.1) is 20.2 Å². The van der Waals surface area contributed by atoms with Gasteiger partial charge in [0.2, 0.25) is 0 Å². The second kappa shape index (κ2) is 7.83. The van der Waals surface area contributed by atoms with E-state index in [4.69, 9.17) is 0 Å². The lowest BCUT2D eigenvalue weighted by atomic mass is 10.0. The smallest absolute Gasteiger partial charge is 0.271 e. The minimum absolute atomic E-state index is 0.0492. The number of anilines is 1. The number of nitrogens with zero attached hydrogens (tertiary/aromatic N) is 4. The lowest BCUT2D eigenvalue weighted by Crippen LogP contribution is -2.07. The molecule has 9 heteroatoms. The average molecular weight is 363 g/mol. The van der Waals surface area contributed by atoms with Gasteiger partial charge in [0.05, 0.1) is 21.6 Å². The van der Waals surface area contributed by atoms with Crippen LogP contribution in [0.2, 0.25) is 0 Å². The molecule has 3 aromatic rings. The number of nitro groups is 2. The van der Waals surface area contributed by atoms with Crippen molar-refractivity contribution in [2.45, 2.75) is 0 Å². The molecule has 1 heterocycles. The van der Waals surface area contributed by atoms with Crippen LogP contribution in [0.1, 0.15) is 11.1 Å². The molecule has 27 heavy (non-hydrogen) atoms. The van der Waals surface area contributed by atoms with E-state index in [1.807, 2.05) is 30.3 Å². The standard InChI is InChI=1S/C18H13N5O4/c24-22(25)15-6-7-16(17(12-15)23(26)27)20-21-18(13-4-2-1-3-5-13)14-8-10-19-11-9-14/h1-12,20H. The Kier molecular flexibility index (Phi) is 5.12. The van der Waals surface area contributed by atoms with Crippen LogP contribution in [0.25, 0.3) is 0 Å². The Balaban J connectivity index is 2.03. The van der Waals surface area contributed by atoms with E-state index in [0.717, 1.165) is 17.2 Å². The van der Waals surface area contributed by atoms with Gasteiger partial charge in [-0.3, -0.25) is 30.6 Å². The lowest BCUT2D eigenvalue weighted by Gasteiger charge is -2.08. The number of hydrogen-bond donors (Lipinski definition) is 1. The highest BCUT2D eigenvalue weighted by atomic mass is 16.6. The Bertz CT molecular complexity index is 965. The van der Waals surface area contributed by atoms with E-state index in [1.54, 1.807) is 24.5 Å². The van der Waals surface area contributed by atoms with Gasteiger partial charge in [-0.2, -0.15) is 5.10 Å². The summed E-state index contributed by atoms with van der Waals surface area (Å²) in [4.78, 5) is 24.7. The Morgan fingerprint density at radius 1 is 0.889 bits per heavy atom. The predicted octanol–water partition coefficient (Wildman–Crippen LogP) is 3.76. The van der Waals surface area contributed by atoms with Crippen LogP contribution in [-0.2, 0) is 0 Å². The first-order valence-electron chi connectivity index (χ1n) is 7.78. The molecule has 0 unspecified atom stereocenters. The fourth-order valence-electron chi connectivity index (χ4n) is 2.40. The lowest BCUT2D eigenvalue weighted by molar-refractivity contribution is -0.393. The first-order chi connectivity index (χ1) is 13.1. The molecule has 2 aromatic carbocycles. The van der Waals surface area contributed by atoms with Gasteiger partial charge in [-0.25, -0.2) is 0 Å². The number of hydrogen-bond acceptors (Lipinski definition) is 7. The highest BCUT2D eigenvalue weighted by molar-refractivity contribution is 6.13. The van der Waals surface area contributed by atoms with Gasteiger partial charge < -0.3 is 0 Å². The number of hydrazone groups is 1. The van der Waals surface area contributed by atoms with Crippen molar-refractivity contribution in [2.75, 3.05) is 5.43 Å². The summed E-state index contributed by atoms with van der Waals surface area (Å²) < 4.78 is 0. The molecule has 0 aliphatic rings. The zero-order valence-electron chi connectivity index (χ0n) is 13.9. The number of rotatable bonds is 6. The molecule has 1 N–H and O–H groups in total. The quantitative estimate of drug-likeness (QED) is 0.404. The van der Waals surface area contributed by atoms with Crippen molar-refractivity contribution in [3.63, 3.8) is 0 Å². The molecule has 0 saturated carbocycles. The van der Waals surface area contributed by atoms with Gasteiger partial charge in [-0.05, 0) is 18.2 Å². The summed E-state index contributed by atoms with van der Waals surface area (Å²) >= 11 is 0. The van der Waals surface area contributed by atoms with Crippen LogP contribution >= 0.6 is 0 Å². The Morgan fingerprint density at radius 2 is 1.56 bits per heavy atom. The van der Waals surface area contributed by atoms with Crippen LogP contribution in [0.5, 0.6) is 0 Å². The monoisotopic (exact) mass is 363 g/mol. The zero-order chi connectivity index (χ0) is 19.2. The molecule has 0 saturated heterocycles. The average Bonchev–Trinajstić information content (AvgIpc) is 2.69. The molecule has 1 aromatic heterocycles. The molecule has 0 radical (unpaired) electrons. The third kappa shape index (κ3) is 4.10. The molecule has 0 fully saturated rings. The minimum atomic E-state index is -0.695. The second-order valence-corrected chi connectivity index (χ2v) is 5.39. The summed E-state index contributed by atoms with van der Waals surface area (Å²) in [5.41, 5.74) is 4.01. The maximum Gasteiger partial charge on any atom is 0.301 e. The summed E-state index contributed by atoms with van der Waals surface area (Å²) in [5.74, 6) is 0. The van der Waals surface area contributed by atoms with Gasteiger partial charge in [0, 0.05) is 29.6 Å². The van der Waals surface area contributed by atoms with Crippen molar-refractivity contribution >= 4 is 22.8 Å². The maximum atomic E-state index is 11.3. The van der Waals surface area contributed by atoms with Crippen molar-refractivity contribution in [2.24, 2.45) is 5.10 Å². The van der Waals surface area contributed by atoms with Crippen LogP contribution in [-0.4, -0.2) is 20.5 Å². The topological polar surface area (TPSA) is 124 Å². The number of nitrogens with one attached hydrogen (secondary N) is 1. The third-order valence-corrected chi connectivity index (χ3v) is 3.68. The van der Waals surface area contributed by atoms with Crippen molar-refractivity contribution < 1.29 is 9.85 Å². The SMILES string of the molecule is O=[N+]([O-])c1ccc(NN=C(c2ccccc2)c2ccncc2)c([N+](=O)[O-])c1. The van der Waals surface area contributed by atoms with Crippen molar-refractivity contribution in [3.05, 3.63) is 104 Å². The Morgan fingerprint density at radius 3 is 2.19 bits per heavy atom. The van der Waals surface area contributed by atoms with Crippen molar-refractivity contribution in [1.82, 2.24) is 4.98 Å². The molecule has 0 aliphatic heterocycles. The summed E-state index contributed by atoms with van der Waals surface area (Å²) in [6, 6.07) is 16.1. The van der Waals surface area contributed by atoms with Gasteiger partial charge in [0.1, 0.15) is 5.69 Å². The Labute approximate surface area is 153 Å². The van der Waals surface area contributed by atoms with E-state index in [2.05, 4.69) is 15.5 Å². The van der Waals surface area contributed by atoms with E-state index >= 15 is 0 Å². The number of nitro benzene ring substituents is 2.